The molecule has 2 aliphatic carbocycles. The second-order valence-corrected chi connectivity index (χ2v) is 5.41. The molecule has 2 saturated carbocycles. The summed E-state index contributed by atoms with van der Waals surface area (Å²) in [6, 6.07) is 0. The van der Waals surface area contributed by atoms with Crippen molar-refractivity contribution in [1.82, 2.24) is 0 Å². The lowest BCUT2D eigenvalue weighted by Gasteiger charge is -2.35. The maximum atomic E-state index is 6.45. The quantitative estimate of drug-likeness (QED) is 0.672. The van der Waals surface area contributed by atoms with E-state index in [1.807, 2.05) is 0 Å². The Bertz CT molecular complexity index is 176. The SMILES string of the molecule is CC(C)CC1(N)CC2CCC1C2. The zero-order valence-corrected chi connectivity index (χ0v) is 8.34. The van der Waals surface area contributed by atoms with E-state index in [2.05, 4.69) is 13.8 Å². The number of nitrogens with two attached hydrogens (primary N) is 1. The zero-order chi connectivity index (χ0) is 8.77. The van der Waals surface area contributed by atoms with Gasteiger partial charge in [-0.05, 0) is 43.4 Å². The number of hydrogen-bond donors (Lipinski definition) is 1. The van der Waals surface area contributed by atoms with Gasteiger partial charge in [0.15, 0.2) is 0 Å². The molecule has 0 aliphatic heterocycles. The fraction of sp³-hybridized carbons (Fsp3) is 1.00. The van der Waals surface area contributed by atoms with E-state index in [-0.39, 0.29) is 5.54 Å². The standard InChI is InChI=1S/C11H21N/c1-8(2)6-11(12)7-9-3-4-10(11)5-9/h8-10H,3-7,12H2,1-2H3. The lowest BCUT2D eigenvalue weighted by atomic mass is 9.76. The monoisotopic (exact) mass is 167 g/mol. The highest BCUT2D eigenvalue weighted by molar-refractivity contribution is 5.04. The normalized spacial score (nSPS) is 46.0. The largest absolute Gasteiger partial charge is 0.325 e. The highest BCUT2D eigenvalue weighted by atomic mass is 14.8. The molecular formula is C11H21N. The van der Waals surface area contributed by atoms with Gasteiger partial charge in [0.2, 0.25) is 0 Å². The van der Waals surface area contributed by atoms with E-state index in [4.69, 9.17) is 5.73 Å². The number of rotatable bonds is 2. The lowest BCUT2D eigenvalue weighted by molar-refractivity contribution is 0.228. The van der Waals surface area contributed by atoms with Crippen LogP contribution in [0.4, 0.5) is 0 Å². The first kappa shape index (κ1) is 8.55. The Morgan fingerprint density at radius 1 is 1.42 bits per heavy atom. The van der Waals surface area contributed by atoms with E-state index >= 15 is 0 Å². The minimum Gasteiger partial charge on any atom is -0.325 e. The molecule has 1 heteroatoms. The molecule has 12 heavy (non-hydrogen) atoms. The second-order valence-electron chi connectivity index (χ2n) is 5.41. The molecule has 2 fully saturated rings. The molecule has 0 saturated heterocycles. The van der Waals surface area contributed by atoms with Crippen LogP contribution in [0.15, 0.2) is 0 Å². The van der Waals surface area contributed by atoms with E-state index in [0.717, 1.165) is 17.8 Å². The number of fused-ring (bicyclic) bond motifs is 2. The van der Waals surface area contributed by atoms with Gasteiger partial charge < -0.3 is 5.73 Å². The molecule has 70 valence electrons. The first-order valence-corrected chi connectivity index (χ1v) is 5.39. The summed E-state index contributed by atoms with van der Waals surface area (Å²) in [6.45, 7) is 4.58. The fourth-order valence-electron chi connectivity index (χ4n) is 3.50. The van der Waals surface area contributed by atoms with Gasteiger partial charge in [-0.1, -0.05) is 20.3 Å². The Kier molecular flexibility index (Phi) is 1.95. The van der Waals surface area contributed by atoms with Gasteiger partial charge in [-0.3, -0.25) is 0 Å². The molecule has 0 spiro atoms. The van der Waals surface area contributed by atoms with Crippen LogP contribution in [0.3, 0.4) is 0 Å². The maximum Gasteiger partial charge on any atom is 0.0188 e. The van der Waals surface area contributed by atoms with Crippen molar-refractivity contribution < 1.29 is 0 Å². The van der Waals surface area contributed by atoms with Crippen LogP contribution in [0.2, 0.25) is 0 Å². The summed E-state index contributed by atoms with van der Waals surface area (Å²) < 4.78 is 0. The van der Waals surface area contributed by atoms with Gasteiger partial charge in [0.25, 0.3) is 0 Å². The summed E-state index contributed by atoms with van der Waals surface area (Å²) in [4.78, 5) is 0. The first-order chi connectivity index (χ1) is 5.60. The van der Waals surface area contributed by atoms with Gasteiger partial charge in [-0.15, -0.1) is 0 Å². The lowest BCUT2D eigenvalue weighted by Crippen LogP contribution is -2.45. The van der Waals surface area contributed by atoms with Gasteiger partial charge in [-0.2, -0.15) is 0 Å². The minimum atomic E-state index is 0.233. The van der Waals surface area contributed by atoms with Crippen molar-refractivity contribution in [2.24, 2.45) is 23.5 Å². The first-order valence-electron chi connectivity index (χ1n) is 5.39. The third kappa shape index (κ3) is 1.28. The Labute approximate surface area is 75.7 Å². The highest BCUT2D eigenvalue weighted by Crippen LogP contribution is 2.51. The molecule has 0 aromatic carbocycles. The molecule has 0 heterocycles. The van der Waals surface area contributed by atoms with Crippen LogP contribution in [-0.2, 0) is 0 Å². The van der Waals surface area contributed by atoms with E-state index in [0.29, 0.717) is 0 Å². The van der Waals surface area contributed by atoms with Crippen LogP contribution < -0.4 is 5.73 Å². The van der Waals surface area contributed by atoms with Gasteiger partial charge in [0.05, 0.1) is 0 Å². The summed E-state index contributed by atoms with van der Waals surface area (Å²) in [5.41, 5.74) is 6.68. The highest BCUT2D eigenvalue weighted by Gasteiger charge is 2.48. The predicted molar refractivity (Wildman–Crippen MR) is 51.8 cm³/mol. The predicted octanol–water partition coefficient (Wildman–Crippen LogP) is 2.55. The van der Waals surface area contributed by atoms with E-state index in [9.17, 15) is 0 Å². The molecule has 3 atom stereocenters. The van der Waals surface area contributed by atoms with Gasteiger partial charge in [0.1, 0.15) is 0 Å². The smallest absolute Gasteiger partial charge is 0.0188 e. The second kappa shape index (κ2) is 2.73. The zero-order valence-electron chi connectivity index (χ0n) is 8.34. The van der Waals surface area contributed by atoms with Gasteiger partial charge >= 0.3 is 0 Å². The Morgan fingerprint density at radius 3 is 2.58 bits per heavy atom. The van der Waals surface area contributed by atoms with Crippen molar-refractivity contribution in [3.05, 3.63) is 0 Å². The molecule has 3 unspecified atom stereocenters. The van der Waals surface area contributed by atoms with E-state index < -0.39 is 0 Å². The fourth-order valence-corrected chi connectivity index (χ4v) is 3.50. The average Bonchev–Trinajstić information content (AvgIpc) is 2.42. The van der Waals surface area contributed by atoms with Crippen LogP contribution in [0.5, 0.6) is 0 Å². The number of hydrogen-bond acceptors (Lipinski definition) is 1. The van der Waals surface area contributed by atoms with Crippen molar-refractivity contribution >= 4 is 0 Å². The Morgan fingerprint density at radius 2 is 2.17 bits per heavy atom. The molecular weight excluding hydrogens is 146 g/mol. The topological polar surface area (TPSA) is 26.0 Å². The average molecular weight is 167 g/mol. The third-order valence-corrected chi connectivity index (χ3v) is 3.81. The summed E-state index contributed by atoms with van der Waals surface area (Å²) in [6.07, 6.45) is 6.86. The van der Waals surface area contributed by atoms with Crippen molar-refractivity contribution in [1.29, 1.82) is 0 Å². The Hall–Kier alpha value is -0.0400. The molecule has 2 rings (SSSR count). The maximum absolute atomic E-state index is 6.45. The molecule has 2 N–H and O–H groups in total. The van der Waals surface area contributed by atoms with Gasteiger partial charge in [-0.25, -0.2) is 0 Å². The molecule has 1 nitrogen and oxygen atoms in total. The molecule has 0 amide bonds. The van der Waals surface area contributed by atoms with Crippen LogP contribution in [-0.4, -0.2) is 5.54 Å². The summed E-state index contributed by atoms with van der Waals surface area (Å²) >= 11 is 0. The third-order valence-electron chi connectivity index (χ3n) is 3.81. The van der Waals surface area contributed by atoms with Crippen molar-refractivity contribution in [3.8, 4) is 0 Å². The van der Waals surface area contributed by atoms with E-state index in [1.165, 1.54) is 32.1 Å². The van der Waals surface area contributed by atoms with E-state index in [1.54, 1.807) is 0 Å². The molecule has 0 aromatic heterocycles. The van der Waals surface area contributed by atoms with Crippen molar-refractivity contribution in [2.45, 2.75) is 51.5 Å². The van der Waals surface area contributed by atoms with Crippen molar-refractivity contribution in [2.75, 3.05) is 0 Å². The molecule has 2 bridgehead atoms. The summed E-state index contributed by atoms with van der Waals surface area (Å²) in [7, 11) is 0. The molecule has 0 radical (unpaired) electrons. The molecule has 0 aromatic rings. The summed E-state index contributed by atoms with van der Waals surface area (Å²) in [5.74, 6) is 2.62. The van der Waals surface area contributed by atoms with Crippen LogP contribution in [0.1, 0.15) is 46.0 Å². The summed E-state index contributed by atoms with van der Waals surface area (Å²) in [5, 5.41) is 0. The minimum absolute atomic E-state index is 0.233. The van der Waals surface area contributed by atoms with Crippen LogP contribution in [0.25, 0.3) is 0 Å². The van der Waals surface area contributed by atoms with Crippen LogP contribution >= 0.6 is 0 Å². The Balaban J connectivity index is 2.03. The molecule has 2 aliphatic rings. The van der Waals surface area contributed by atoms with Crippen LogP contribution in [0, 0.1) is 17.8 Å². The van der Waals surface area contributed by atoms with Crippen molar-refractivity contribution in [3.63, 3.8) is 0 Å². The van der Waals surface area contributed by atoms with Gasteiger partial charge in [0, 0.05) is 5.54 Å².